The number of ether oxygens (including phenoxy) is 1. The summed E-state index contributed by atoms with van der Waals surface area (Å²) in [5.41, 5.74) is 1.52. The van der Waals surface area contributed by atoms with Crippen LogP contribution in [-0.2, 0) is 22.4 Å². The molecular formula is C21H23N3O4S. The van der Waals surface area contributed by atoms with E-state index in [2.05, 4.69) is 16.7 Å². The Kier molecular flexibility index (Phi) is 6.73. The molecule has 1 unspecified atom stereocenters. The molecule has 2 amide bonds. The smallest absolute Gasteiger partial charge is 0.407 e. The lowest BCUT2D eigenvalue weighted by Gasteiger charge is -2.22. The largest absolute Gasteiger partial charge is 0.465 e. The van der Waals surface area contributed by atoms with Crippen molar-refractivity contribution in [2.24, 2.45) is 5.92 Å². The van der Waals surface area contributed by atoms with Crippen LogP contribution >= 0.6 is 11.3 Å². The van der Waals surface area contributed by atoms with Crippen molar-refractivity contribution in [2.75, 3.05) is 11.9 Å². The third-order valence-electron chi connectivity index (χ3n) is 4.51. The van der Waals surface area contributed by atoms with Gasteiger partial charge in [0, 0.05) is 17.0 Å². The maximum absolute atomic E-state index is 12.2. The number of hydrogen-bond acceptors (Lipinski definition) is 6. The predicted molar refractivity (Wildman–Crippen MR) is 111 cm³/mol. The lowest BCUT2D eigenvalue weighted by Crippen LogP contribution is -2.32. The van der Waals surface area contributed by atoms with Gasteiger partial charge in [0.1, 0.15) is 16.8 Å². The van der Waals surface area contributed by atoms with Gasteiger partial charge in [-0.15, -0.1) is 11.3 Å². The third-order valence-corrected chi connectivity index (χ3v) is 5.68. The fraction of sp³-hybridized carbons (Fsp3) is 0.381. The van der Waals surface area contributed by atoms with E-state index in [4.69, 9.17) is 9.15 Å². The van der Waals surface area contributed by atoms with Crippen molar-refractivity contribution in [3.05, 3.63) is 46.2 Å². The number of nitriles is 1. The molecule has 0 spiro atoms. The predicted octanol–water partition coefficient (Wildman–Crippen LogP) is 4.10. The lowest BCUT2D eigenvalue weighted by atomic mass is 9.88. The van der Waals surface area contributed by atoms with Crippen LogP contribution in [0.3, 0.4) is 0 Å². The molecule has 7 nitrogen and oxygen atoms in total. The molecule has 8 heteroatoms. The molecule has 152 valence electrons. The second-order valence-electron chi connectivity index (χ2n) is 7.16. The van der Waals surface area contributed by atoms with Gasteiger partial charge in [-0.2, -0.15) is 5.26 Å². The number of nitrogens with zero attached hydrogens (tertiary/aromatic N) is 1. The monoisotopic (exact) mass is 413 g/mol. The Hall–Kier alpha value is -3.05. The van der Waals surface area contributed by atoms with Crippen molar-refractivity contribution >= 4 is 34.4 Å². The molecule has 0 saturated carbocycles. The van der Waals surface area contributed by atoms with E-state index >= 15 is 0 Å². The minimum absolute atomic E-state index is 0.0314. The number of anilines is 1. The number of furan rings is 1. The van der Waals surface area contributed by atoms with Crippen molar-refractivity contribution < 1.29 is 18.7 Å². The molecule has 0 aliphatic heterocycles. The van der Waals surface area contributed by atoms with Crippen molar-refractivity contribution in [1.82, 2.24) is 5.32 Å². The van der Waals surface area contributed by atoms with Gasteiger partial charge in [-0.05, 0) is 62.8 Å². The van der Waals surface area contributed by atoms with Gasteiger partial charge in [0.2, 0.25) is 5.91 Å². The van der Waals surface area contributed by atoms with Gasteiger partial charge in [-0.1, -0.05) is 0 Å². The summed E-state index contributed by atoms with van der Waals surface area (Å²) in [6.07, 6.45) is 6.36. The number of thiophene rings is 1. The molecule has 2 aromatic rings. The number of alkyl carbamates (subject to hydrolysis) is 1. The van der Waals surface area contributed by atoms with Crippen LogP contribution in [0.5, 0.6) is 0 Å². The topological polar surface area (TPSA) is 104 Å². The van der Waals surface area contributed by atoms with E-state index in [0.717, 1.165) is 29.7 Å². The van der Waals surface area contributed by atoms with E-state index < -0.39 is 6.09 Å². The normalized spacial score (nSPS) is 15.7. The highest BCUT2D eigenvalue weighted by Crippen LogP contribution is 2.39. The van der Waals surface area contributed by atoms with Crippen LogP contribution in [0.2, 0.25) is 0 Å². The van der Waals surface area contributed by atoms with Gasteiger partial charge in [0.05, 0.1) is 18.4 Å². The number of carbonyl (C=O) groups is 2. The molecule has 0 bridgehead atoms. The number of amides is 2. The van der Waals surface area contributed by atoms with Crippen molar-refractivity contribution in [1.29, 1.82) is 5.26 Å². The Bertz CT molecular complexity index is 938. The average molecular weight is 413 g/mol. The molecule has 0 radical (unpaired) electrons. The number of hydrogen-bond donors (Lipinski definition) is 2. The third kappa shape index (κ3) is 5.48. The zero-order valence-corrected chi connectivity index (χ0v) is 17.2. The van der Waals surface area contributed by atoms with Gasteiger partial charge >= 0.3 is 6.09 Å². The van der Waals surface area contributed by atoms with Crippen molar-refractivity contribution in [3.63, 3.8) is 0 Å². The molecule has 0 saturated heterocycles. The molecular weight excluding hydrogens is 390 g/mol. The van der Waals surface area contributed by atoms with Crippen LogP contribution in [0.4, 0.5) is 9.80 Å². The highest BCUT2D eigenvalue weighted by atomic mass is 32.1. The first-order valence-corrected chi connectivity index (χ1v) is 10.3. The molecule has 0 aromatic carbocycles. The summed E-state index contributed by atoms with van der Waals surface area (Å²) in [7, 11) is 0. The second-order valence-corrected chi connectivity index (χ2v) is 8.27. The van der Waals surface area contributed by atoms with E-state index in [1.807, 2.05) is 13.8 Å². The quantitative estimate of drug-likeness (QED) is 0.694. The number of rotatable bonds is 6. The molecule has 3 rings (SSSR count). The Balaban J connectivity index is 1.63. The van der Waals surface area contributed by atoms with Crippen LogP contribution in [0.1, 0.15) is 42.0 Å². The molecule has 1 atom stereocenters. The van der Waals surface area contributed by atoms with Crippen LogP contribution in [0.15, 0.2) is 28.9 Å². The molecule has 2 heterocycles. The minimum atomic E-state index is -0.411. The zero-order chi connectivity index (χ0) is 20.8. The highest BCUT2D eigenvalue weighted by molar-refractivity contribution is 7.16. The van der Waals surface area contributed by atoms with Gasteiger partial charge in [0.25, 0.3) is 0 Å². The molecule has 2 aromatic heterocycles. The number of carbonyl (C=O) groups excluding carboxylic acids is 2. The molecule has 29 heavy (non-hydrogen) atoms. The molecule has 1 aliphatic rings. The fourth-order valence-corrected chi connectivity index (χ4v) is 4.49. The van der Waals surface area contributed by atoms with E-state index in [0.29, 0.717) is 22.9 Å². The maximum Gasteiger partial charge on any atom is 0.407 e. The lowest BCUT2D eigenvalue weighted by molar-refractivity contribution is -0.111. The molecule has 1 aliphatic carbocycles. The van der Waals surface area contributed by atoms with E-state index in [1.165, 1.54) is 23.7 Å². The van der Waals surface area contributed by atoms with E-state index in [9.17, 15) is 14.9 Å². The maximum atomic E-state index is 12.2. The summed E-state index contributed by atoms with van der Waals surface area (Å²) >= 11 is 1.42. The van der Waals surface area contributed by atoms with E-state index in [1.54, 1.807) is 18.2 Å². The van der Waals surface area contributed by atoms with Gasteiger partial charge < -0.3 is 19.8 Å². The van der Waals surface area contributed by atoms with Crippen LogP contribution in [0.25, 0.3) is 6.08 Å². The van der Waals surface area contributed by atoms with Gasteiger partial charge in [-0.3, -0.25) is 4.79 Å². The summed E-state index contributed by atoms with van der Waals surface area (Å²) < 4.78 is 10.5. The standard InChI is InChI=1S/C21H23N3O4S/c1-13(2)23-21(26)28-12-14-5-7-16-17(11-22)20(29-18(16)10-14)24-19(25)8-6-15-4-3-9-27-15/h3-4,6,8-9,13-14H,5,7,10,12H2,1-2H3,(H,23,26)(H,24,25). The first-order valence-electron chi connectivity index (χ1n) is 9.46. The fourth-order valence-electron chi connectivity index (χ4n) is 3.17. The minimum Gasteiger partial charge on any atom is -0.465 e. The first kappa shape index (κ1) is 20.7. The van der Waals surface area contributed by atoms with Crippen LogP contribution in [-0.4, -0.2) is 24.6 Å². The summed E-state index contributed by atoms with van der Waals surface area (Å²) in [4.78, 5) is 25.0. The summed E-state index contributed by atoms with van der Waals surface area (Å²) in [5.74, 6) is 0.463. The molecule has 0 fully saturated rings. The second kappa shape index (κ2) is 9.43. The Morgan fingerprint density at radius 3 is 3.00 bits per heavy atom. The van der Waals surface area contributed by atoms with Crippen LogP contribution < -0.4 is 10.6 Å². The Labute approximate surface area is 173 Å². The molecule has 2 N–H and O–H groups in total. The Morgan fingerprint density at radius 2 is 2.31 bits per heavy atom. The van der Waals surface area contributed by atoms with Crippen molar-refractivity contribution in [3.8, 4) is 6.07 Å². The zero-order valence-electron chi connectivity index (χ0n) is 16.4. The SMILES string of the molecule is CC(C)NC(=O)OCC1CCc2c(sc(NC(=O)C=Cc3ccco3)c2C#N)C1. The highest BCUT2D eigenvalue weighted by Gasteiger charge is 2.27. The summed E-state index contributed by atoms with van der Waals surface area (Å²) in [6.45, 7) is 4.09. The Morgan fingerprint density at radius 1 is 1.48 bits per heavy atom. The van der Waals surface area contributed by atoms with Gasteiger partial charge in [0.15, 0.2) is 0 Å². The summed E-state index contributed by atoms with van der Waals surface area (Å²) in [5, 5.41) is 15.6. The average Bonchev–Trinajstić information content (AvgIpc) is 3.31. The van der Waals surface area contributed by atoms with Crippen molar-refractivity contribution in [2.45, 2.75) is 39.2 Å². The summed E-state index contributed by atoms with van der Waals surface area (Å²) in [6, 6.07) is 5.74. The number of fused-ring (bicyclic) bond motifs is 1. The van der Waals surface area contributed by atoms with E-state index in [-0.39, 0.29) is 17.9 Å². The number of nitrogens with one attached hydrogen (secondary N) is 2. The first-order chi connectivity index (χ1) is 14.0. The van der Waals surface area contributed by atoms with Crippen LogP contribution in [0, 0.1) is 17.2 Å². The van der Waals surface area contributed by atoms with Gasteiger partial charge in [-0.25, -0.2) is 4.79 Å².